The fourth-order valence-corrected chi connectivity index (χ4v) is 2.28. The van der Waals surface area contributed by atoms with Gasteiger partial charge in [0.15, 0.2) is 0 Å². The summed E-state index contributed by atoms with van der Waals surface area (Å²) in [5, 5.41) is 3.31. The van der Waals surface area contributed by atoms with Crippen molar-refractivity contribution in [2.24, 2.45) is 0 Å². The average molecular weight is 305 g/mol. The lowest BCUT2D eigenvalue weighted by Gasteiger charge is -2.10. The quantitative estimate of drug-likeness (QED) is 0.754. The Hall–Kier alpha value is -2.88. The van der Waals surface area contributed by atoms with Gasteiger partial charge in [0.25, 0.3) is 0 Å². The van der Waals surface area contributed by atoms with Gasteiger partial charge in [0.1, 0.15) is 5.75 Å². The van der Waals surface area contributed by atoms with Gasteiger partial charge >= 0.3 is 0 Å². The number of ether oxygens (including phenoxy) is 1. The lowest BCUT2D eigenvalue weighted by atomic mass is 10.1. The molecule has 4 heteroatoms. The van der Waals surface area contributed by atoms with Crippen LogP contribution in [0.5, 0.6) is 11.6 Å². The van der Waals surface area contributed by atoms with Gasteiger partial charge < -0.3 is 10.1 Å². The molecular weight excluding hydrogens is 286 g/mol. The number of aryl methyl sites for hydroxylation is 2. The van der Waals surface area contributed by atoms with E-state index in [1.165, 1.54) is 5.56 Å². The standard InChI is InChI=1S/C19H19N3O/c1-14-5-7-18(15(2)10-14)23-19-8-6-17(13-22-19)21-12-16-4-3-9-20-11-16/h3-11,13,21H,12H2,1-2H3. The van der Waals surface area contributed by atoms with Crippen molar-refractivity contribution in [1.82, 2.24) is 9.97 Å². The van der Waals surface area contributed by atoms with Crippen LogP contribution >= 0.6 is 0 Å². The molecule has 1 N–H and O–H groups in total. The minimum Gasteiger partial charge on any atom is -0.439 e. The Bertz CT molecular complexity index is 770. The summed E-state index contributed by atoms with van der Waals surface area (Å²) in [6, 6.07) is 13.9. The maximum Gasteiger partial charge on any atom is 0.219 e. The summed E-state index contributed by atoms with van der Waals surface area (Å²) >= 11 is 0. The van der Waals surface area contributed by atoms with Gasteiger partial charge in [-0.2, -0.15) is 0 Å². The normalized spacial score (nSPS) is 10.3. The van der Waals surface area contributed by atoms with Crippen molar-refractivity contribution in [3.8, 4) is 11.6 Å². The second-order valence-corrected chi connectivity index (χ2v) is 5.47. The van der Waals surface area contributed by atoms with E-state index in [0.717, 1.165) is 22.6 Å². The number of rotatable bonds is 5. The Kier molecular flexibility index (Phi) is 4.52. The van der Waals surface area contributed by atoms with Crippen LogP contribution in [0.1, 0.15) is 16.7 Å². The van der Waals surface area contributed by atoms with Crippen LogP contribution in [0, 0.1) is 13.8 Å². The number of nitrogens with zero attached hydrogens (tertiary/aromatic N) is 2. The number of anilines is 1. The van der Waals surface area contributed by atoms with E-state index in [0.29, 0.717) is 12.4 Å². The van der Waals surface area contributed by atoms with Gasteiger partial charge in [-0.05, 0) is 43.2 Å². The third kappa shape index (κ3) is 4.07. The maximum absolute atomic E-state index is 5.83. The molecule has 0 bridgehead atoms. The monoisotopic (exact) mass is 305 g/mol. The first-order chi connectivity index (χ1) is 11.2. The van der Waals surface area contributed by atoms with Crippen molar-refractivity contribution < 1.29 is 4.74 Å². The molecule has 0 unspecified atom stereocenters. The zero-order chi connectivity index (χ0) is 16.1. The topological polar surface area (TPSA) is 47.0 Å². The SMILES string of the molecule is Cc1ccc(Oc2ccc(NCc3cccnc3)cn2)c(C)c1. The number of aromatic nitrogens is 2. The largest absolute Gasteiger partial charge is 0.439 e. The molecule has 0 saturated carbocycles. The molecule has 3 aromatic rings. The van der Waals surface area contributed by atoms with Crippen molar-refractivity contribution >= 4 is 5.69 Å². The molecule has 2 heterocycles. The third-order valence-corrected chi connectivity index (χ3v) is 3.50. The minimum absolute atomic E-state index is 0.587. The molecular formula is C19H19N3O. The highest BCUT2D eigenvalue weighted by Gasteiger charge is 2.03. The number of hydrogen-bond acceptors (Lipinski definition) is 4. The Labute approximate surface area is 136 Å². The molecule has 3 rings (SSSR count). The van der Waals surface area contributed by atoms with Gasteiger partial charge in [-0.15, -0.1) is 0 Å². The molecule has 0 fully saturated rings. The highest BCUT2D eigenvalue weighted by molar-refractivity contribution is 5.44. The number of hydrogen-bond donors (Lipinski definition) is 1. The molecule has 0 aliphatic carbocycles. The molecule has 0 aliphatic rings. The van der Waals surface area contributed by atoms with E-state index < -0.39 is 0 Å². The highest BCUT2D eigenvalue weighted by Crippen LogP contribution is 2.25. The van der Waals surface area contributed by atoms with Gasteiger partial charge in [-0.1, -0.05) is 23.8 Å². The molecule has 116 valence electrons. The van der Waals surface area contributed by atoms with Gasteiger partial charge in [-0.3, -0.25) is 4.98 Å². The van der Waals surface area contributed by atoms with Gasteiger partial charge in [-0.25, -0.2) is 4.98 Å². The van der Waals surface area contributed by atoms with Gasteiger partial charge in [0.2, 0.25) is 5.88 Å². The van der Waals surface area contributed by atoms with Crippen LogP contribution in [-0.4, -0.2) is 9.97 Å². The zero-order valence-corrected chi connectivity index (χ0v) is 13.3. The van der Waals surface area contributed by atoms with Crippen molar-refractivity contribution in [3.63, 3.8) is 0 Å². The first-order valence-corrected chi connectivity index (χ1v) is 7.54. The number of benzene rings is 1. The Morgan fingerprint density at radius 1 is 1.04 bits per heavy atom. The summed E-state index contributed by atoms with van der Waals surface area (Å²) in [6.07, 6.45) is 5.39. The van der Waals surface area contributed by atoms with Crippen LogP contribution in [0.15, 0.2) is 61.1 Å². The fourth-order valence-electron chi connectivity index (χ4n) is 2.28. The van der Waals surface area contributed by atoms with Crippen LogP contribution in [0.3, 0.4) is 0 Å². The summed E-state index contributed by atoms with van der Waals surface area (Å²) in [4.78, 5) is 8.45. The molecule has 0 radical (unpaired) electrons. The van der Waals surface area contributed by atoms with E-state index in [2.05, 4.69) is 28.3 Å². The molecule has 0 aliphatic heterocycles. The minimum atomic E-state index is 0.587. The molecule has 0 amide bonds. The summed E-state index contributed by atoms with van der Waals surface area (Å²) in [7, 11) is 0. The number of nitrogens with one attached hydrogen (secondary N) is 1. The zero-order valence-electron chi connectivity index (χ0n) is 13.3. The highest BCUT2D eigenvalue weighted by atomic mass is 16.5. The lowest BCUT2D eigenvalue weighted by molar-refractivity contribution is 0.459. The van der Waals surface area contributed by atoms with Crippen LogP contribution in [0.2, 0.25) is 0 Å². The smallest absolute Gasteiger partial charge is 0.219 e. The van der Waals surface area contributed by atoms with E-state index in [9.17, 15) is 0 Å². The summed E-state index contributed by atoms with van der Waals surface area (Å²) < 4.78 is 5.83. The van der Waals surface area contributed by atoms with Crippen LogP contribution in [0.4, 0.5) is 5.69 Å². The van der Waals surface area contributed by atoms with Crippen LogP contribution in [-0.2, 0) is 6.54 Å². The first kappa shape index (κ1) is 15.0. The van der Waals surface area contributed by atoms with E-state index in [1.54, 1.807) is 12.4 Å². The molecule has 0 atom stereocenters. The Balaban J connectivity index is 1.63. The van der Waals surface area contributed by atoms with Crippen molar-refractivity contribution in [2.75, 3.05) is 5.32 Å². The predicted octanol–water partition coefficient (Wildman–Crippen LogP) is 4.50. The van der Waals surface area contributed by atoms with Gasteiger partial charge in [0, 0.05) is 25.0 Å². The Morgan fingerprint density at radius 2 is 1.96 bits per heavy atom. The van der Waals surface area contributed by atoms with E-state index in [4.69, 9.17) is 4.74 Å². The van der Waals surface area contributed by atoms with E-state index >= 15 is 0 Å². The maximum atomic E-state index is 5.83. The molecule has 0 spiro atoms. The second-order valence-electron chi connectivity index (χ2n) is 5.47. The molecule has 0 saturated heterocycles. The average Bonchev–Trinajstić information content (AvgIpc) is 2.58. The second kappa shape index (κ2) is 6.92. The predicted molar refractivity (Wildman–Crippen MR) is 91.8 cm³/mol. The van der Waals surface area contributed by atoms with Crippen molar-refractivity contribution in [2.45, 2.75) is 20.4 Å². The third-order valence-electron chi connectivity index (χ3n) is 3.50. The van der Waals surface area contributed by atoms with Crippen LogP contribution < -0.4 is 10.1 Å². The Morgan fingerprint density at radius 3 is 2.65 bits per heavy atom. The van der Waals surface area contributed by atoms with Crippen LogP contribution in [0.25, 0.3) is 0 Å². The lowest BCUT2D eigenvalue weighted by Crippen LogP contribution is -2.00. The molecule has 23 heavy (non-hydrogen) atoms. The molecule has 2 aromatic heterocycles. The number of pyridine rings is 2. The summed E-state index contributed by atoms with van der Waals surface area (Å²) in [6.45, 7) is 4.82. The summed E-state index contributed by atoms with van der Waals surface area (Å²) in [5.74, 6) is 1.42. The molecule has 1 aromatic carbocycles. The van der Waals surface area contributed by atoms with E-state index in [-0.39, 0.29) is 0 Å². The van der Waals surface area contributed by atoms with Crippen molar-refractivity contribution in [1.29, 1.82) is 0 Å². The van der Waals surface area contributed by atoms with Crippen molar-refractivity contribution in [3.05, 3.63) is 77.7 Å². The first-order valence-electron chi connectivity index (χ1n) is 7.54. The summed E-state index contributed by atoms with van der Waals surface area (Å²) in [5.41, 5.74) is 4.40. The molecule has 4 nitrogen and oxygen atoms in total. The fraction of sp³-hybridized carbons (Fsp3) is 0.158. The van der Waals surface area contributed by atoms with Gasteiger partial charge in [0.05, 0.1) is 11.9 Å². The van der Waals surface area contributed by atoms with E-state index in [1.807, 2.05) is 49.5 Å².